The first-order valence-electron chi connectivity index (χ1n) is 11.6. The predicted octanol–water partition coefficient (Wildman–Crippen LogP) is 5.28. The molecule has 0 bridgehead atoms. The predicted molar refractivity (Wildman–Crippen MR) is 110 cm³/mol. The molecular weight excluding hydrogens is 346 g/mol. The molecular formula is C25H35NO2. The fourth-order valence-electron chi connectivity index (χ4n) is 8.22. The SMILES string of the molecule is C[C@@]1(O)CC[C@H]2[C@H](CC[C@@H]3[C@@H]2CC[C@]2(C)[C@@H](C(=O)c4cccnc4)CC[C@@H]32)C1. The summed E-state index contributed by atoms with van der Waals surface area (Å²) >= 11 is 0. The van der Waals surface area contributed by atoms with Crippen molar-refractivity contribution in [2.24, 2.45) is 40.9 Å². The fourth-order valence-corrected chi connectivity index (χ4v) is 8.22. The molecule has 4 fully saturated rings. The van der Waals surface area contributed by atoms with Gasteiger partial charge in [0.05, 0.1) is 5.60 Å². The van der Waals surface area contributed by atoms with E-state index in [-0.39, 0.29) is 11.3 Å². The highest BCUT2D eigenvalue weighted by Gasteiger charge is 2.58. The highest BCUT2D eigenvalue weighted by Crippen LogP contribution is 2.64. The van der Waals surface area contributed by atoms with Crippen LogP contribution in [0.25, 0.3) is 0 Å². The number of aliphatic hydroxyl groups is 1. The van der Waals surface area contributed by atoms with Gasteiger partial charge in [-0.25, -0.2) is 0 Å². The Labute approximate surface area is 169 Å². The largest absolute Gasteiger partial charge is 0.390 e. The van der Waals surface area contributed by atoms with Crippen LogP contribution in [0.15, 0.2) is 24.5 Å². The van der Waals surface area contributed by atoms with E-state index in [4.69, 9.17) is 0 Å². The molecule has 0 amide bonds. The van der Waals surface area contributed by atoms with E-state index < -0.39 is 5.60 Å². The monoisotopic (exact) mass is 381 g/mol. The topological polar surface area (TPSA) is 50.2 Å². The molecule has 0 saturated heterocycles. The van der Waals surface area contributed by atoms with Gasteiger partial charge in [0.2, 0.25) is 0 Å². The number of aromatic nitrogens is 1. The van der Waals surface area contributed by atoms with Crippen molar-refractivity contribution in [2.75, 3.05) is 0 Å². The van der Waals surface area contributed by atoms with Gasteiger partial charge in [0.1, 0.15) is 0 Å². The molecule has 1 N–H and O–H groups in total. The van der Waals surface area contributed by atoms with Crippen LogP contribution < -0.4 is 0 Å². The van der Waals surface area contributed by atoms with Gasteiger partial charge >= 0.3 is 0 Å². The van der Waals surface area contributed by atoms with Crippen molar-refractivity contribution in [1.29, 1.82) is 0 Å². The second-order valence-electron chi connectivity index (χ2n) is 11.0. The van der Waals surface area contributed by atoms with E-state index in [2.05, 4.69) is 11.9 Å². The second kappa shape index (κ2) is 6.65. The third-order valence-corrected chi connectivity index (χ3v) is 9.50. The Bertz CT molecular complexity index is 744. The zero-order valence-electron chi connectivity index (χ0n) is 17.4. The van der Waals surface area contributed by atoms with E-state index in [0.29, 0.717) is 11.7 Å². The number of Topliss-reactive ketones (excluding diaryl/α,β-unsaturated/α-hetero) is 1. The number of hydrogen-bond donors (Lipinski definition) is 1. The summed E-state index contributed by atoms with van der Waals surface area (Å²) in [7, 11) is 0. The minimum atomic E-state index is -0.439. The Morgan fingerprint density at radius 1 is 1.04 bits per heavy atom. The van der Waals surface area contributed by atoms with Gasteiger partial charge in [0.15, 0.2) is 5.78 Å². The minimum absolute atomic E-state index is 0.168. The average Bonchev–Trinajstić information content (AvgIpc) is 3.04. The van der Waals surface area contributed by atoms with E-state index in [1.54, 1.807) is 12.4 Å². The van der Waals surface area contributed by atoms with Gasteiger partial charge in [0, 0.05) is 23.9 Å². The molecule has 0 unspecified atom stereocenters. The molecule has 3 nitrogen and oxygen atoms in total. The highest BCUT2D eigenvalue weighted by molar-refractivity contribution is 5.98. The second-order valence-corrected chi connectivity index (χ2v) is 11.0. The molecule has 0 aliphatic heterocycles. The molecule has 28 heavy (non-hydrogen) atoms. The summed E-state index contributed by atoms with van der Waals surface area (Å²) in [6.07, 6.45) is 14.1. The van der Waals surface area contributed by atoms with Crippen molar-refractivity contribution in [3.63, 3.8) is 0 Å². The van der Waals surface area contributed by atoms with E-state index in [0.717, 1.165) is 48.5 Å². The maximum absolute atomic E-state index is 13.3. The Balaban J connectivity index is 1.37. The Morgan fingerprint density at radius 3 is 2.64 bits per heavy atom. The van der Waals surface area contributed by atoms with Gasteiger partial charge < -0.3 is 5.11 Å². The lowest BCUT2D eigenvalue weighted by Crippen LogP contribution is -2.51. The van der Waals surface area contributed by atoms with Crippen LogP contribution in [-0.4, -0.2) is 21.5 Å². The third kappa shape index (κ3) is 2.88. The molecule has 3 heteroatoms. The van der Waals surface area contributed by atoms with Crippen molar-refractivity contribution in [3.05, 3.63) is 30.1 Å². The quantitative estimate of drug-likeness (QED) is 0.709. The van der Waals surface area contributed by atoms with Crippen molar-refractivity contribution < 1.29 is 9.90 Å². The number of rotatable bonds is 2. The Hall–Kier alpha value is -1.22. The van der Waals surface area contributed by atoms with E-state index in [1.807, 2.05) is 19.1 Å². The molecule has 8 atom stereocenters. The molecule has 1 heterocycles. The van der Waals surface area contributed by atoms with Crippen LogP contribution in [-0.2, 0) is 0 Å². The standard InChI is InChI=1S/C25H35NO2/c1-24(28)11-9-18-16(14-24)5-6-20-19(18)10-12-25(2)21(20)7-8-22(25)23(27)17-4-3-13-26-15-17/h3-4,13,15-16,18-22,28H,5-12,14H2,1-2H3/t16-,18+,19-,20-,21+,22-,24-,25+/m1/s1. The van der Waals surface area contributed by atoms with Gasteiger partial charge in [-0.1, -0.05) is 6.92 Å². The van der Waals surface area contributed by atoms with Gasteiger partial charge in [-0.15, -0.1) is 0 Å². The average molecular weight is 382 g/mol. The molecule has 0 aromatic carbocycles. The zero-order chi connectivity index (χ0) is 19.5. The van der Waals surface area contributed by atoms with Crippen molar-refractivity contribution in [1.82, 2.24) is 4.98 Å². The first-order valence-corrected chi connectivity index (χ1v) is 11.6. The van der Waals surface area contributed by atoms with Gasteiger partial charge in [-0.2, -0.15) is 0 Å². The van der Waals surface area contributed by atoms with Crippen molar-refractivity contribution >= 4 is 5.78 Å². The maximum Gasteiger partial charge on any atom is 0.168 e. The zero-order valence-corrected chi connectivity index (χ0v) is 17.4. The summed E-state index contributed by atoms with van der Waals surface area (Å²) in [6.45, 7) is 4.47. The lowest BCUT2D eigenvalue weighted by atomic mass is 9.49. The van der Waals surface area contributed by atoms with Crippen LogP contribution in [0, 0.1) is 40.9 Å². The number of fused-ring (bicyclic) bond motifs is 5. The first-order chi connectivity index (χ1) is 13.4. The number of carbonyl (C=O) groups excluding carboxylic acids is 1. The summed E-state index contributed by atoms with van der Waals surface area (Å²) in [6, 6.07) is 3.83. The Morgan fingerprint density at radius 2 is 1.86 bits per heavy atom. The molecule has 4 aliphatic carbocycles. The highest BCUT2D eigenvalue weighted by atomic mass is 16.3. The molecule has 152 valence electrons. The van der Waals surface area contributed by atoms with Gasteiger partial charge in [-0.05, 0) is 112 Å². The Kier molecular flexibility index (Phi) is 4.46. The van der Waals surface area contributed by atoms with Crippen LogP contribution in [0.2, 0.25) is 0 Å². The summed E-state index contributed by atoms with van der Waals surface area (Å²) < 4.78 is 0. The molecule has 0 radical (unpaired) electrons. The summed E-state index contributed by atoms with van der Waals surface area (Å²) in [5, 5.41) is 10.6. The van der Waals surface area contributed by atoms with Crippen LogP contribution in [0.3, 0.4) is 0 Å². The van der Waals surface area contributed by atoms with Crippen molar-refractivity contribution in [2.45, 2.75) is 77.2 Å². The van der Waals surface area contributed by atoms with Crippen LogP contribution >= 0.6 is 0 Å². The normalized spacial score (nSPS) is 47.7. The molecule has 4 saturated carbocycles. The fraction of sp³-hybridized carbons (Fsp3) is 0.760. The maximum atomic E-state index is 13.3. The number of carbonyl (C=O) groups is 1. The molecule has 4 aliphatic rings. The number of ketones is 1. The van der Waals surface area contributed by atoms with Crippen LogP contribution in [0.1, 0.15) is 82.0 Å². The van der Waals surface area contributed by atoms with Crippen LogP contribution in [0.4, 0.5) is 0 Å². The first kappa shape index (κ1) is 18.8. The lowest BCUT2D eigenvalue weighted by molar-refractivity contribution is -0.0976. The molecule has 1 aromatic rings. The van der Waals surface area contributed by atoms with Gasteiger partial charge in [0.25, 0.3) is 0 Å². The van der Waals surface area contributed by atoms with E-state index in [9.17, 15) is 9.90 Å². The molecule has 5 rings (SSSR count). The summed E-state index contributed by atoms with van der Waals surface area (Å²) in [4.78, 5) is 17.5. The summed E-state index contributed by atoms with van der Waals surface area (Å²) in [5.41, 5.74) is 0.530. The van der Waals surface area contributed by atoms with E-state index in [1.165, 1.54) is 38.5 Å². The molecule has 0 spiro atoms. The van der Waals surface area contributed by atoms with Crippen molar-refractivity contribution in [3.8, 4) is 0 Å². The number of nitrogens with zero attached hydrogens (tertiary/aromatic N) is 1. The van der Waals surface area contributed by atoms with Gasteiger partial charge in [-0.3, -0.25) is 9.78 Å². The van der Waals surface area contributed by atoms with E-state index >= 15 is 0 Å². The number of hydrogen-bond acceptors (Lipinski definition) is 3. The minimum Gasteiger partial charge on any atom is -0.390 e. The lowest BCUT2D eigenvalue weighted by Gasteiger charge is -2.56. The molecule has 1 aromatic heterocycles. The van der Waals surface area contributed by atoms with Crippen LogP contribution in [0.5, 0.6) is 0 Å². The third-order valence-electron chi connectivity index (χ3n) is 9.50. The smallest absolute Gasteiger partial charge is 0.168 e. The number of pyridine rings is 1. The summed E-state index contributed by atoms with van der Waals surface area (Å²) in [5.74, 6) is 4.39.